The number of aromatic nitrogens is 3. The molecule has 3 aromatic rings. The summed E-state index contributed by atoms with van der Waals surface area (Å²) >= 11 is 0. The summed E-state index contributed by atoms with van der Waals surface area (Å²) in [6.45, 7) is 2.01. The van der Waals surface area contributed by atoms with Gasteiger partial charge in [0.1, 0.15) is 5.82 Å². The lowest BCUT2D eigenvalue weighted by Crippen LogP contribution is -2.11. The zero-order valence-electron chi connectivity index (χ0n) is 12.6. The van der Waals surface area contributed by atoms with E-state index in [1.165, 1.54) is 12.3 Å². The number of benzene rings is 2. The van der Waals surface area contributed by atoms with Gasteiger partial charge in [0.25, 0.3) is 0 Å². The maximum Gasteiger partial charge on any atom is 0.245 e. The zero-order valence-corrected chi connectivity index (χ0v) is 12.6. The molecule has 3 rings (SSSR count). The Labute approximate surface area is 133 Å². The van der Waals surface area contributed by atoms with Gasteiger partial charge in [0.2, 0.25) is 5.95 Å². The van der Waals surface area contributed by atoms with Gasteiger partial charge in [-0.05, 0) is 24.6 Å². The molecule has 1 heterocycles. The second-order valence-corrected chi connectivity index (χ2v) is 5.05. The van der Waals surface area contributed by atoms with Crippen LogP contribution in [-0.2, 0) is 0 Å². The van der Waals surface area contributed by atoms with Crippen LogP contribution in [0.2, 0.25) is 0 Å². The molecule has 23 heavy (non-hydrogen) atoms. The van der Waals surface area contributed by atoms with Gasteiger partial charge in [0, 0.05) is 0 Å². The van der Waals surface area contributed by atoms with Crippen molar-refractivity contribution in [3.63, 3.8) is 0 Å². The van der Waals surface area contributed by atoms with Crippen LogP contribution in [0.1, 0.15) is 18.5 Å². The molecular formula is C17H16FN5. The fourth-order valence-corrected chi connectivity index (χ4v) is 2.14. The molecule has 6 heteroatoms. The van der Waals surface area contributed by atoms with E-state index in [0.717, 1.165) is 5.56 Å². The van der Waals surface area contributed by atoms with E-state index in [1.54, 1.807) is 18.2 Å². The normalized spacial score (nSPS) is 11.7. The predicted octanol–water partition coefficient (Wildman–Crippen LogP) is 3.93. The average molecular weight is 309 g/mol. The molecule has 0 amide bonds. The second-order valence-electron chi connectivity index (χ2n) is 5.05. The number of nitrogens with zero attached hydrogens (tertiary/aromatic N) is 3. The highest BCUT2D eigenvalue weighted by molar-refractivity contribution is 5.56. The molecule has 0 aliphatic carbocycles. The van der Waals surface area contributed by atoms with Crippen LogP contribution in [0.4, 0.5) is 21.8 Å². The third-order valence-corrected chi connectivity index (χ3v) is 3.34. The maximum absolute atomic E-state index is 13.7. The molecule has 0 bridgehead atoms. The first-order chi connectivity index (χ1) is 11.2. The van der Waals surface area contributed by atoms with Gasteiger partial charge in [-0.2, -0.15) is 10.1 Å². The molecule has 1 unspecified atom stereocenters. The Morgan fingerprint density at radius 3 is 2.52 bits per heavy atom. The molecule has 0 saturated carbocycles. The largest absolute Gasteiger partial charge is 0.346 e. The van der Waals surface area contributed by atoms with Gasteiger partial charge < -0.3 is 10.6 Å². The molecule has 2 N–H and O–H groups in total. The number of hydrogen-bond acceptors (Lipinski definition) is 5. The molecule has 0 aliphatic heterocycles. The number of halogens is 1. The van der Waals surface area contributed by atoms with Crippen LogP contribution in [0.25, 0.3) is 0 Å². The topological polar surface area (TPSA) is 62.7 Å². The summed E-state index contributed by atoms with van der Waals surface area (Å²) in [5.41, 5.74) is 1.46. The van der Waals surface area contributed by atoms with E-state index in [0.29, 0.717) is 17.5 Å². The lowest BCUT2D eigenvalue weighted by Gasteiger charge is -2.14. The molecule has 0 saturated heterocycles. The van der Waals surface area contributed by atoms with Crippen molar-refractivity contribution in [1.82, 2.24) is 15.2 Å². The molecule has 1 aromatic heterocycles. The van der Waals surface area contributed by atoms with Crippen molar-refractivity contribution in [3.05, 3.63) is 72.2 Å². The molecule has 5 nitrogen and oxygen atoms in total. The van der Waals surface area contributed by atoms with E-state index < -0.39 is 0 Å². The van der Waals surface area contributed by atoms with E-state index in [2.05, 4.69) is 25.8 Å². The Morgan fingerprint density at radius 1 is 1.00 bits per heavy atom. The molecule has 0 fully saturated rings. The molecule has 1 atom stereocenters. The minimum Gasteiger partial charge on any atom is -0.346 e. The van der Waals surface area contributed by atoms with E-state index in [-0.39, 0.29) is 11.9 Å². The minimum atomic E-state index is -0.349. The van der Waals surface area contributed by atoms with Crippen molar-refractivity contribution in [1.29, 1.82) is 0 Å². The van der Waals surface area contributed by atoms with Crippen molar-refractivity contribution < 1.29 is 4.39 Å². The highest BCUT2D eigenvalue weighted by atomic mass is 19.1. The second kappa shape index (κ2) is 6.83. The lowest BCUT2D eigenvalue weighted by atomic mass is 10.1. The summed E-state index contributed by atoms with van der Waals surface area (Å²) in [7, 11) is 0. The molecule has 116 valence electrons. The Kier molecular flexibility index (Phi) is 4.42. The van der Waals surface area contributed by atoms with Gasteiger partial charge >= 0.3 is 0 Å². The molecule has 0 aliphatic rings. The fraction of sp³-hybridized carbons (Fsp3) is 0.118. The van der Waals surface area contributed by atoms with Gasteiger partial charge in [-0.1, -0.05) is 42.5 Å². The Bertz CT molecular complexity index is 779. The van der Waals surface area contributed by atoms with Gasteiger partial charge in [-0.25, -0.2) is 4.39 Å². The van der Waals surface area contributed by atoms with Gasteiger partial charge in [0.15, 0.2) is 5.82 Å². The number of hydrogen-bond donors (Lipinski definition) is 2. The first kappa shape index (κ1) is 14.9. The number of nitrogens with one attached hydrogen (secondary N) is 2. The maximum atomic E-state index is 13.7. The zero-order chi connectivity index (χ0) is 16.1. The number of para-hydroxylation sites is 1. The highest BCUT2D eigenvalue weighted by Gasteiger charge is 2.08. The Morgan fingerprint density at radius 2 is 1.74 bits per heavy atom. The van der Waals surface area contributed by atoms with Gasteiger partial charge in [-0.3, -0.25) is 0 Å². The smallest absolute Gasteiger partial charge is 0.245 e. The van der Waals surface area contributed by atoms with Crippen LogP contribution in [0.15, 0.2) is 60.8 Å². The average Bonchev–Trinajstić information content (AvgIpc) is 2.58. The summed E-state index contributed by atoms with van der Waals surface area (Å²) < 4.78 is 13.7. The predicted molar refractivity (Wildman–Crippen MR) is 88.0 cm³/mol. The summed E-state index contributed by atoms with van der Waals surface area (Å²) in [6, 6.07) is 16.4. The standard InChI is InChI=1S/C17H16FN5/c1-12(13-7-3-2-4-8-13)20-17-22-16(11-19-23-17)21-15-10-6-5-9-14(15)18/h2-12H,1H3,(H2,20,21,22,23). The van der Waals surface area contributed by atoms with Crippen LogP contribution in [0, 0.1) is 5.82 Å². The van der Waals surface area contributed by atoms with Crippen molar-refractivity contribution in [2.45, 2.75) is 13.0 Å². The minimum absolute atomic E-state index is 0.0294. The molecule has 0 radical (unpaired) electrons. The number of anilines is 3. The third kappa shape index (κ3) is 3.79. The van der Waals surface area contributed by atoms with Crippen LogP contribution in [-0.4, -0.2) is 15.2 Å². The first-order valence-corrected chi connectivity index (χ1v) is 7.25. The van der Waals surface area contributed by atoms with Crippen molar-refractivity contribution in [2.75, 3.05) is 10.6 Å². The molecular weight excluding hydrogens is 293 g/mol. The number of rotatable bonds is 5. The summed E-state index contributed by atoms with van der Waals surface area (Å²) in [4.78, 5) is 4.31. The van der Waals surface area contributed by atoms with E-state index in [1.807, 2.05) is 37.3 Å². The van der Waals surface area contributed by atoms with Crippen molar-refractivity contribution in [3.8, 4) is 0 Å². The van der Waals surface area contributed by atoms with Crippen LogP contribution in [0.3, 0.4) is 0 Å². The fourth-order valence-electron chi connectivity index (χ4n) is 2.14. The van der Waals surface area contributed by atoms with Gasteiger partial charge in [0.05, 0.1) is 17.9 Å². The quantitative estimate of drug-likeness (QED) is 0.748. The Hall–Kier alpha value is -3.02. The Balaban J connectivity index is 1.74. The lowest BCUT2D eigenvalue weighted by molar-refractivity contribution is 0.631. The van der Waals surface area contributed by atoms with E-state index in [9.17, 15) is 4.39 Å². The van der Waals surface area contributed by atoms with E-state index >= 15 is 0 Å². The first-order valence-electron chi connectivity index (χ1n) is 7.25. The van der Waals surface area contributed by atoms with Crippen molar-refractivity contribution in [2.24, 2.45) is 0 Å². The monoisotopic (exact) mass is 309 g/mol. The SMILES string of the molecule is CC(Nc1nncc(Nc2ccccc2F)n1)c1ccccc1. The van der Waals surface area contributed by atoms with E-state index in [4.69, 9.17) is 0 Å². The van der Waals surface area contributed by atoms with Gasteiger partial charge in [-0.15, -0.1) is 5.10 Å². The van der Waals surface area contributed by atoms with Crippen molar-refractivity contribution >= 4 is 17.5 Å². The third-order valence-electron chi connectivity index (χ3n) is 3.34. The summed E-state index contributed by atoms with van der Waals surface area (Å²) in [5, 5.41) is 13.9. The van der Waals surface area contributed by atoms with Crippen LogP contribution >= 0.6 is 0 Å². The molecule has 2 aromatic carbocycles. The van der Waals surface area contributed by atoms with Crippen LogP contribution < -0.4 is 10.6 Å². The molecule has 0 spiro atoms. The summed E-state index contributed by atoms with van der Waals surface area (Å²) in [6.07, 6.45) is 1.45. The summed E-state index contributed by atoms with van der Waals surface area (Å²) in [5.74, 6) is 0.453. The highest BCUT2D eigenvalue weighted by Crippen LogP contribution is 2.19. The van der Waals surface area contributed by atoms with Crippen LogP contribution in [0.5, 0.6) is 0 Å².